The van der Waals surface area contributed by atoms with Crippen LogP contribution >= 0.6 is 12.2 Å². The number of hydrogen-bond donors (Lipinski definition) is 0. The Kier molecular flexibility index (Phi) is 6.07. The summed E-state index contributed by atoms with van der Waals surface area (Å²) in [4.78, 5) is 2.08. The van der Waals surface area contributed by atoms with Crippen molar-refractivity contribution >= 4 is 17.4 Å². The first kappa shape index (κ1) is 11.7. The molecule has 0 N–H and O–H groups in total. The molecule has 12 heavy (non-hydrogen) atoms. The van der Waals surface area contributed by atoms with Crippen LogP contribution < -0.4 is 0 Å². The van der Waals surface area contributed by atoms with E-state index in [2.05, 4.69) is 32.6 Å². The summed E-state index contributed by atoms with van der Waals surface area (Å²) in [6, 6.07) is 0.486. The number of rotatable bonds is 1. The minimum absolute atomic E-state index is 0.486. The normalized spacial score (nSPS) is 15.8. The molecule has 0 spiro atoms. The van der Waals surface area contributed by atoms with Crippen LogP contribution in [0.25, 0.3) is 0 Å². The average Bonchev–Trinajstić information content (AvgIpc) is 2.36. The Bertz CT molecular complexity index is 136. The molecular weight excluding hydrogens is 170 g/mol. The highest BCUT2D eigenvalue weighted by molar-refractivity contribution is 7.80. The lowest BCUT2D eigenvalue weighted by Gasteiger charge is -2.18. The lowest BCUT2D eigenvalue weighted by molar-refractivity contribution is 0.360. The Morgan fingerprint density at radius 1 is 1.50 bits per heavy atom. The molecule has 1 fully saturated rings. The molecule has 0 saturated carbocycles. The highest BCUT2D eigenvalue weighted by atomic mass is 32.1. The standard InChI is InChI=1S/C6H11NOS.C3H8/c1-5(2)7-3-4-8-6(7)9;1-3-2/h5H,3-4H2,1-2H3;3H2,1-2H3. The summed E-state index contributed by atoms with van der Waals surface area (Å²) < 4.78 is 5.08. The van der Waals surface area contributed by atoms with E-state index in [1.165, 1.54) is 6.42 Å². The zero-order chi connectivity index (χ0) is 9.56. The van der Waals surface area contributed by atoms with Gasteiger partial charge in [0.2, 0.25) is 0 Å². The van der Waals surface area contributed by atoms with Crippen molar-refractivity contribution in [2.45, 2.75) is 40.2 Å². The van der Waals surface area contributed by atoms with E-state index < -0.39 is 0 Å². The molecule has 0 amide bonds. The molecule has 0 aromatic rings. The van der Waals surface area contributed by atoms with E-state index in [0.29, 0.717) is 11.2 Å². The van der Waals surface area contributed by atoms with Gasteiger partial charge in [-0.2, -0.15) is 0 Å². The topological polar surface area (TPSA) is 12.5 Å². The summed E-state index contributed by atoms with van der Waals surface area (Å²) in [5.74, 6) is 0. The van der Waals surface area contributed by atoms with E-state index in [1.807, 2.05) is 0 Å². The molecule has 0 unspecified atom stereocenters. The summed E-state index contributed by atoms with van der Waals surface area (Å²) in [5.41, 5.74) is 0. The highest BCUT2D eigenvalue weighted by Gasteiger charge is 2.19. The van der Waals surface area contributed by atoms with E-state index in [4.69, 9.17) is 17.0 Å². The minimum Gasteiger partial charge on any atom is -0.469 e. The average molecular weight is 189 g/mol. The van der Waals surface area contributed by atoms with E-state index >= 15 is 0 Å². The van der Waals surface area contributed by atoms with Gasteiger partial charge < -0.3 is 9.64 Å². The molecule has 1 saturated heterocycles. The molecule has 0 bridgehead atoms. The predicted octanol–water partition coefficient (Wildman–Crippen LogP) is 2.43. The maximum Gasteiger partial charge on any atom is 0.259 e. The van der Waals surface area contributed by atoms with Gasteiger partial charge in [-0.1, -0.05) is 20.3 Å². The van der Waals surface area contributed by atoms with Gasteiger partial charge in [0, 0.05) is 6.04 Å². The van der Waals surface area contributed by atoms with Crippen molar-refractivity contribution in [2.24, 2.45) is 0 Å². The van der Waals surface area contributed by atoms with Gasteiger partial charge in [-0.3, -0.25) is 0 Å². The van der Waals surface area contributed by atoms with Gasteiger partial charge in [-0.05, 0) is 26.1 Å². The molecule has 0 aromatic carbocycles. The second kappa shape index (κ2) is 6.23. The molecule has 0 radical (unpaired) electrons. The zero-order valence-electron chi connectivity index (χ0n) is 8.46. The van der Waals surface area contributed by atoms with Crippen molar-refractivity contribution < 1.29 is 4.74 Å². The van der Waals surface area contributed by atoms with Crippen LogP contribution in [0.5, 0.6) is 0 Å². The monoisotopic (exact) mass is 189 g/mol. The van der Waals surface area contributed by atoms with Crippen LogP contribution in [-0.2, 0) is 4.74 Å². The summed E-state index contributed by atoms with van der Waals surface area (Å²) in [5, 5.41) is 0.657. The molecule has 72 valence electrons. The molecule has 3 heteroatoms. The lowest BCUT2D eigenvalue weighted by Crippen LogP contribution is -2.30. The van der Waals surface area contributed by atoms with E-state index in [0.717, 1.165) is 13.2 Å². The minimum atomic E-state index is 0.486. The molecular formula is C9H19NOS. The summed E-state index contributed by atoms with van der Waals surface area (Å²) in [7, 11) is 0. The second-order valence-corrected chi connectivity index (χ2v) is 3.46. The SMILES string of the molecule is CC(C)N1CCOC1=S.CCC. The predicted molar refractivity (Wildman–Crippen MR) is 56.4 cm³/mol. The Morgan fingerprint density at radius 2 is 2.00 bits per heavy atom. The molecule has 0 aliphatic carbocycles. The molecule has 2 nitrogen and oxygen atoms in total. The van der Waals surface area contributed by atoms with Crippen molar-refractivity contribution in [3.05, 3.63) is 0 Å². The fourth-order valence-electron chi connectivity index (χ4n) is 0.875. The van der Waals surface area contributed by atoms with Crippen molar-refractivity contribution in [3.8, 4) is 0 Å². The second-order valence-electron chi connectivity index (χ2n) is 3.11. The highest BCUT2D eigenvalue weighted by Crippen LogP contribution is 2.07. The van der Waals surface area contributed by atoms with Crippen molar-refractivity contribution in [1.29, 1.82) is 0 Å². The third-order valence-electron chi connectivity index (χ3n) is 1.42. The number of thiocarbonyl (C=S) groups is 1. The lowest BCUT2D eigenvalue weighted by atomic mass is 10.3. The zero-order valence-corrected chi connectivity index (χ0v) is 9.28. The molecule has 1 rings (SSSR count). The molecule has 1 heterocycles. The summed E-state index contributed by atoms with van der Waals surface area (Å²) in [6.45, 7) is 10.2. The summed E-state index contributed by atoms with van der Waals surface area (Å²) >= 11 is 4.92. The van der Waals surface area contributed by atoms with E-state index in [9.17, 15) is 0 Å². The van der Waals surface area contributed by atoms with Gasteiger partial charge in [-0.25, -0.2) is 0 Å². The molecule has 1 aliphatic rings. The first-order chi connectivity index (χ1) is 5.63. The first-order valence-corrected chi connectivity index (χ1v) is 4.97. The van der Waals surface area contributed by atoms with E-state index in [1.54, 1.807) is 0 Å². The van der Waals surface area contributed by atoms with Crippen LogP contribution in [0.1, 0.15) is 34.1 Å². The number of nitrogens with zero attached hydrogens (tertiary/aromatic N) is 1. The smallest absolute Gasteiger partial charge is 0.259 e. The first-order valence-electron chi connectivity index (χ1n) is 4.56. The molecule has 1 aliphatic heterocycles. The van der Waals surface area contributed by atoms with Crippen LogP contribution in [0.4, 0.5) is 0 Å². The fraction of sp³-hybridized carbons (Fsp3) is 0.889. The number of hydrogen-bond acceptors (Lipinski definition) is 2. The van der Waals surface area contributed by atoms with Gasteiger partial charge >= 0.3 is 0 Å². The van der Waals surface area contributed by atoms with Crippen molar-refractivity contribution in [3.63, 3.8) is 0 Å². The Labute approximate surface area is 80.9 Å². The van der Waals surface area contributed by atoms with Gasteiger partial charge in [-0.15, -0.1) is 0 Å². The maximum atomic E-state index is 5.08. The van der Waals surface area contributed by atoms with Gasteiger partial charge in [0.1, 0.15) is 6.61 Å². The Balaban J connectivity index is 0.000000354. The van der Waals surface area contributed by atoms with Crippen LogP contribution in [0.15, 0.2) is 0 Å². The largest absolute Gasteiger partial charge is 0.469 e. The van der Waals surface area contributed by atoms with Crippen LogP contribution in [0.2, 0.25) is 0 Å². The van der Waals surface area contributed by atoms with Crippen molar-refractivity contribution in [1.82, 2.24) is 4.90 Å². The quantitative estimate of drug-likeness (QED) is 0.588. The van der Waals surface area contributed by atoms with Crippen molar-refractivity contribution in [2.75, 3.05) is 13.2 Å². The third kappa shape index (κ3) is 3.90. The fourth-order valence-corrected chi connectivity index (χ4v) is 1.26. The molecule has 0 aromatic heterocycles. The van der Waals surface area contributed by atoms with Gasteiger partial charge in [0.15, 0.2) is 0 Å². The van der Waals surface area contributed by atoms with Gasteiger partial charge in [0.05, 0.1) is 6.54 Å². The Morgan fingerprint density at radius 3 is 2.17 bits per heavy atom. The van der Waals surface area contributed by atoms with E-state index in [-0.39, 0.29) is 0 Å². The maximum absolute atomic E-state index is 5.08. The van der Waals surface area contributed by atoms with Gasteiger partial charge in [0.25, 0.3) is 5.17 Å². The Hall–Kier alpha value is -0.310. The molecule has 0 atom stereocenters. The third-order valence-corrected chi connectivity index (χ3v) is 1.77. The summed E-state index contributed by atoms with van der Waals surface area (Å²) in [6.07, 6.45) is 1.25. The van der Waals surface area contributed by atoms with Crippen LogP contribution in [0.3, 0.4) is 0 Å². The number of ether oxygens (including phenoxy) is 1. The van der Waals surface area contributed by atoms with Crippen LogP contribution in [-0.4, -0.2) is 29.3 Å². The van der Waals surface area contributed by atoms with Crippen LogP contribution in [0, 0.1) is 0 Å².